The first-order chi connectivity index (χ1) is 15.6. The predicted molar refractivity (Wildman–Crippen MR) is 124 cm³/mol. The van der Waals surface area contributed by atoms with Crippen LogP contribution in [0.15, 0.2) is 77.3 Å². The quantitative estimate of drug-likeness (QED) is 0.427. The highest BCUT2D eigenvalue weighted by Gasteiger charge is 2.12. The fourth-order valence-electron chi connectivity index (χ4n) is 3.28. The topological polar surface area (TPSA) is 67.4 Å². The van der Waals surface area contributed by atoms with Crippen LogP contribution in [-0.4, -0.2) is 42.2 Å². The minimum absolute atomic E-state index is 0.266. The van der Waals surface area contributed by atoms with E-state index in [2.05, 4.69) is 51.0 Å². The van der Waals surface area contributed by atoms with Crippen LogP contribution in [0.25, 0.3) is 0 Å². The van der Waals surface area contributed by atoms with Crippen LogP contribution in [0.2, 0.25) is 0 Å². The number of carbonyl (C=O) groups excluding carboxylic acids is 1. The van der Waals surface area contributed by atoms with E-state index in [4.69, 9.17) is 4.74 Å². The highest BCUT2D eigenvalue weighted by molar-refractivity contribution is 7.99. The fourth-order valence-corrected chi connectivity index (χ4v) is 4.08. The SMILES string of the molecule is C=CC(=O)Nc1ccc(Sc2nc(Cc3ccc(N4CCOCC4)cc3)ncc2F)cc1. The second kappa shape index (κ2) is 10.4. The summed E-state index contributed by atoms with van der Waals surface area (Å²) >= 11 is 1.22. The highest BCUT2D eigenvalue weighted by atomic mass is 32.2. The normalized spacial score (nSPS) is 13.6. The van der Waals surface area contributed by atoms with Crippen molar-refractivity contribution in [3.63, 3.8) is 0 Å². The fraction of sp³-hybridized carbons (Fsp3) is 0.208. The molecular weight excluding hydrogens is 427 g/mol. The Hall–Kier alpha value is -3.23. The van der Waals surface area contributed by atoms with Crippen LogP contribution in [0, 0.1) is 5.82 Å². The lowest BCUT2D eigenvalue weighted by Crippen LogP contribution is -2.36. The number of aromatic nitrogens is 2. The molecule has 0 unspecified atom stereocenters. The Morgan fingerprint density at radius 3 is 2.56 bits per heavy atom. The molecule has 6 nitrogen and oxygen atoms in total. The molecule has 1 N–H and O–H groups in total. The van der Waals surface area contributed by atoms with Crippen molar-refractivity contribution in [1.82, 2.24) is 9.97 Å². The first kappa shape index (κ1) is 22.0. The van der Waals surface area contributed by atoms with Crippen molar-refractivity contribution in [2.24, 2.45) is 0 Å². The number of anilines is 2. The first-order valence-corrected chi connectivity index (χ1v) is 11.1. The Morgan fingerprint density at radius 2 is 1.88 bits per heavy atom. The number of hydrogen-bond donors (Lipinski definition) is 1. The zero-order valence-electron chi connectivity index (χ0n) is 17.5. The van der Waals surface area contributed by atoms with E-state index in [1.54, 1.807) is 24.3 Å². The van der Waals surface area contributed by atoms with Gasteiger partial charge in [0.25, 0.3) is 0 Å². The largest absolute Gasteiger partial charge is 0.378 e. The Labute approximate surface area is 190 Å². The summed E-state index contributed by atoms with van der Waals surface area (Å²) in [4.78, 5) is 23.1. The van der Waals surface area contributed by atoms with Gasteiger partial charge in [0.15, 0.2) is 5.82 Å². The van der Waals surface area contributed by atoms with E-state index in [0.29, 0.717) is 17.9 Å². The van der Waals surface area contributed by atoms with Crippen LogP contribution in [-0.2, 0) is 16.0 Å². The van der Waals surface area contributed by atoms with Crippen LogP contribution in [0.1, 0.15) is 11.4 Å². The Bertz CT molecular complexity index is 1080. The lowest BCUT2D eigenvalue weighted by molar-refractivity contribution is -0.111. The number of carbonyl (C=O) groups is 1. The van der Waals surface area contributed by atoms with Gasteiger partial charge in [0, 0.05) is 35.8 Å². The van der Waals surface area contributed by atoms with Crippen LogP contribution < -0.4 is 10.2 Å². The van der Waals surface area contributed by atoms with Gasteiger partial charge in [-0.1, -0.05) is 30.5 Å². The van der Waals surface area contributed by atoms with Crippen LogP contribution in [0.5, 0.6) is 0 Å². The standard InChI is InChI=1S/C24H23FN4O2S/c1-2-23(30)27-18-5-9-20(10-6-18)32-24-21(25)16-26-22(28-24)15-17-3-7-19(8-4-17)29-11-13-31-14-12-29/h2-10,16H,1,11-15H2,(H,27,30). The summed E-state index contributed by atoms with van der Waals surface area (Å²) in [5.41, 5.74) is 2.87. The number of amides is 1. The molecule has 0 radical (unpaired) electrons. The number of benzene rings is 2. The summed E-state index contributed by atoms with van der Waals surface area (Å²) in [6.45, 7) is 6.70. The van der Waals surface area contributed by atoms with Gasteiger partial charge < -0.3 is 15.0 Å². The molecule has 3 aromatic rings. The van der Waals surface area contributed by atoms with Crippen molar-refractivity contribution in [3.05, 3.63) is 84.6 Å². The van der Waals surface area contributed by atoms with Crippen LogP contribution in [0.4, 0.5) is 15.8 Å². The van der Waals surface area contributed by atoms with E-state index >= 15 is 0 Å². The van der Waals surface area contributed by atoms with E-state index in [0.717, 1.165) is 36.8 Å². The summed E-state index contributed by atoms with van der Waals surface area (Å²) in [6, 6.07) is 15.4. The molecule has 1 aromatic heterocycles. The molecular formula is C24H23FN4O2S. The minimum Gasteiger partial charge on any atom is -0.378 e. The van der Waals surface area contributed by atoms with E-state index in [1.807, 2.05) is 0 Å². The van der Waals surface area contributed by atoms with E-state index < -0.39 is 5.82 Å². The van der Waals surface area contributed by atoms with Gasteiger partial charge in [-0.05, 0) is 48.0 Å². The Balaban J connectivity index is 1.42. The van der Waals surface area contributed by atoms with Crippen molar-refractivity contribution >= 4 is 29.0 Å². The molecule has 0 atom stereocenters. The molecule has 0 spiro atoms. The molecule has 1 aliphatic rings. The zero-order chi connectivity index (χ0) is 22.3. The minimum atomic E-state index is -0.467. The Morgan fingerprint density at radius 1 is 1.16 bits per heavy atom. The molecule has 32 heavy (non-hydrogen) atoms. The maximum absolute atomic E-state index is 14.3. The second-order valence-electron chi connectivity index (χ2n) is 7.20. The average molecular weight is 451 g/mol. The van der Waals surface area contributed by atoms with Crippen molar-refractivity contribution in [3.8, 4) is 0 Å². The van der Waals surface area contributed by atoms with E-state index in [9.17, 15) is 9.18 Å². The average Bonchev–Trinajstić information content (AvgIpc) is 2.83. The summed E-state index contributed by atoms with van der Waals surface area (Å²) in [7, 11) is 0. The van der Waals surface area contributed by atoms with Crippen molar-refractivity contribution in [2.45, 2.75) is 16.3 Å². The number of ether oxygens (including phenoxy) is 1. The number of nitrogens with one attached hydrogen (secondary N) is 1. The van der Waals surface area contributed by atoms with Gasteiger partial charge in [-0.2, -0.15) is 0 Å². The second-order valence-corrected chi connectivity index (χ2v) is 8.26. The number of rotatable bonds is 7. The molecule has 4 rings (SSSR count). The summed E-state index contributed by atoms with van der Waals surface area (Å²) in [6.07, 6.45) is 2.94. The summed E-state index contributed by atoms with van der Waals surface area (Å²) < 4.78 is 19.7. The molecule has 2 aromatic carbocycles. The number of halogens is 1. The molecule has 2 heterocycles. The summed E-state index contributed by atoms with van der Waals surface area (Å²) in [5, 5.41) is 2.95. The number of nitrogens with zero attached hydrogens (tertiary/aromatic N) is 3. The van der Waals surface area contributed by atoms with E-state index in [-0.39, 0.29) is 10.9 Å². The van der Waals surface area contributed by atoms with Gasteiger partial charge >= 0.3 is 0 Å². The molecule has 164 valence electrons. The number of hydrogen-bond acceptors (Lipinski definition) is 6. The summed E-state index contributed by atoms with van der Waals surface area (Å²) in [5.74, 6) is -0.191. The van der Waals surface area contributed by atoms with Crippen LogP contribution in [0.3, 0.4) is 0 Å². The van der Waals surface area contributed by atoms with Gasteiger partial charge in [0.2, 0.25) is 5.91 Å². The molecule has 1 amide bonds. The third kappa shape index (κ3) is 5.72. The molecule has 0 aliphatic carbocycles. The molecule has 8 heteroatoms. The third-order valence-corrected chi connectivity index (χ3v) is 5.95. The molecule has 0 bridgehead atoms. The maximum Gasteiger partial charge on any atom is 0.247 e. The van der Waals surface area contributed by atoms with Crippen molar-refractivity contribution < 1.29 is 13.9 Å². The third-order valence-electron chi connectivity index (χ3n) is 4.96. The van der Waals surface area contributed by atoms with E-state index in [1.165, 1.54) is 29.7 Å². The lowest BCUT2D eigenvalue weighted by atomic mass is 10.1. The molecule has 0 saturated carbocycles. The maximum atomic E-state index is 14.3. The van der Waals surface area contributed by atoms with Crippen molar-refractivity contribution in [2.75, 3.05) is 36.5 Å². The van der Waals surface area contributed by atoms with Crippen LogP contribution >= 0.6 is 11.8 Å². The highest BCUT2D eigenvalue weighted by Crippen LogP contribution is 2.29. The zero-order valence-corrected chi connectivity index (χ0v) is 18.3. The predicted octanol–water partition coefficient (Wildman–Crippen LogP) is 4.32. The Kier molecular flexibility index (Phi) is 7.14. The van der Waals surface area contributed by atoms with Crippen molar-refractivity contribution in [1.29, 1.82) is 0 Å². The smallest absolute Gasteiger partial charge is 0.247 e. The van der Waals surface area contributed by atoms with Gasteiger partial charge in [-0.15, -0.1) is 0 Å². The lowest BCUT2D eigenvalue weighted by Gasteiger charge is -2.28. The van der Waals surface area contributed by atoms with Gasteiger partial charge in [-0.25, -0.2) is 14.4 Å². The number of morpholine rings is 1. The molecule has 1 fully saturated rings. The van der Waals surface area contributed by atoms with Gasteiger partial charge in [-0.3, -0.25) is 4.79 Å². The molecule has 1 saturated heterocycles. The monoisotopic (exact) mass is 450 g/mol. The van der Waals surface area contributed by atoms with Gasteiger partial charge in [0.05, 0.1) is 19.4 Å². The van der Waals surface area contributed by atoms with Gasteiger partial charge in [0.1, 0.15) is 10.9 Å². The first-order valence-electron chi connectivity index (χ1n) is 10.2. The molecule has 1 aliphatic heterocycles.